The number of rotatable bonds is 2. The predicted octanol–water partition coefficient (Wildman–Crippen LogP) is 3.22. The maximum Gasteiger partial charge on any atom is 0.159 e. The Morgan fingerprint density at radius 1 is 1.17 bits per heavy atom. The Bertz CT molecular complexity index is 691. The van der Waals surface area contributed by atoms with Crippen LogP contribution in [0.3, 0.4) is 0 Å². The van der Waals surface area contributed by atoms with Gasteiger partial charge in [-0.15, -0.1) is 0 Å². The highest BCUT2D eigenvalue weighted by atomic mass is 127. The summed E-state index contributed by atoms with van der Waals surface area (Å²) in [5, 5.41) is 5.50. The molecule has 1 aromatic carbocycles. The minimum atomic E-state index is -0.225. The first-order chi connectivity index (χ1) is 8.74. The van der Waals surface area contributed by atoms with E-state index in [-0.39, 0.29) is 5.82 Å². The van der Waals surface area contributed by atoms with Gasteiger partial charge < -0.3 is 0 Å². The van der Waals surface area contributed by atoms with Crippen LogP contribution in [0, 0.1) is 9.52 Å². The van der Waals surface area contributed by atoms with Crippen molar-refractivity contribution in [3.8, 4) is 0 Å². The molecule has 0 radical (unpaired) electrons. The van der Waals surface area contributed by atoms with Crippen LogP contribution in [0.4, 0.5) is 4.39 Å². The van der Waals surface area contributed by atoms with E-state index in [2.05, 4.69) is 32.7 Å². The first-order valence-electron chi connectivity index (χ1n) is 5.45. The third-order valence-corrected chi connectivity index (χ3v) is 3.50. The lowest BCUT2D eigenvalue weighted by Gasteiger charge is -2.02. The van der Waals surface area contributed by atoms with Gasteiger partial charge in [0.05, 0.1) is 11.9 Å². The monoisotopic (exact) mass is 353 g/mol. The zero-order valence-corrected chi connectivity index (χ0v) is 11.5. The Morgan fingerprint density at radius 2 is 1.94 bits per heavy atom. The minimum absolute atomic E-state index is 0.225. The van der Waals surface area contributed by atoms with Crippen molar-refractivity contribution in [3.63, 3.8) is 0 Å². The van der Waals surface area contributed by atoms with Gasteiger partial charge in [0.1, 0.15) is 9.52 Å². The topological polar surface area (TPSA) is 30.7 Å². The second-order valence-electron chi connectivity index (χ2n) is 3.95. The molecule has 0 bridgehead atoms. The van der Waals surface area contributed by atoms with Gasteiger partial charge in [0, 0.05) is 6.20 Å². The predicted molar refractivity (Wildman–Crippen MR) is 75.7 cm³/mol. The summed E-state index contributed by atoms with van der Waals surface area (Å²) in [7, 11) is 0. The number of aromatic nitrogens is 3. The van der Waals surface area contributed by atoms with Crippen LogP contribution in [0.1, 0.15) is 5.56 Å². The molecule has 0 spiro atoms. The molecule has 2 aromatic heterocycles. The van der Waals surface area contributed by atoms with Gasteiger partial charge in [-0.2, -0.15) is 5.10 Å². The van der Waals surface area contributed by atoms with Crippen molar-refractivity contribution in [2.24, 2.45) is 0 Å². The van der Waals surface area contributed by atoms with Crippen LogP contribution in [-0.4, -0.2) is 14.8 Å². The standard InChI is InChI=1S/C13H9FIN3/c14-10-5-3-9(4-6-10)8-18-13-11(12(15)17-18)2-1-7-16-13/h1-7H,8H2. The average molecular weight is 353 g/mol. The van der Waals surface area contributed by atoms with Crippen molar-refractivity contribution in [2.45, 2.75) is 6.54 Å². The van der Waals surface area contributed by atoms with E-state index in [4.69, 9.17) is 0 Å². The van der Waals surface area contributed by atoms with Crippen LogP contribution in [0.2, 0.25) is 0 Å². The first kappa shape index (κ1) is 11.6. The molecular weight excluding hydrogens is 344 g/mol. The molecule has 0 fully saturated rings. The van der Waals surface area contributed by atoms with Gasteiger partial charge in [0.2, 0.25) is 0 Å². The quantitative estimate of drug-likeness (QED) is 0.663. The number of benzene rings is 1. The summed E-state index contributed by atoms with van der Waals surface area (Å²) in [4.78, 5) is 4.34. The summed E-state index contributed by atoms with van der Waals surface area (Å²) in [6.07, 6.45) is 1.75. The highest BCUT2D eigenvalue weighted by molar-refractivity contribution is 14.1. The molecular formula is C13H9FIN3. The highest BCUT2D eigenvalue weighted by Gasteiger charge is 2.08. The molecule has 0 unspecified atom stereocenters. The lowest BCUT2D eigenvalue weighted by molar-refractivity contribution is 0.625. The van der Waals surface area contributed by atoms with Crippen molar-refractivity contribution in [1.29, 1.82) is 0 Å². The fourth-order valence-corrected chi connectivity index (χ4v) is 2.53. The number of hydrogen-bond donors (Lipinski definition) is 0. The Balaban J connectivity index is 2.02. The fraction of sp³-hybridized carbons (Fsp3) is 0.0769. The fourth-order valence-electron chi connectivity index (χ4n) is 1.84. The van der Waals surface area contributed by atoms with Crippen LogP contribution in [0.5, 0.6) is 0 Å². The summed E-state index contributed by atoms with van der Waals surface area (Å²) in [5.74, 6) is -0.225. The van der Waals surface area contributed by atoms with Gasteiger partial charge in [-0.1, -0.05) is 12.1 Å². The van der Waals surface area contributed by atoms with Gasteiger partial charge >= 0.3 is 0 Å². The Hall–Kier alpha value is -1.50. The van der Waals surface area contributed by atoms with Crippen molar-refractivity contribution in [2.75, 3.05) is 0 Å². The van der Waals surface area contributed by atoms with E-state index in [0.29, 0.717) is 6.54 Å². The molecule has 5 heteroatoms. The molecule has 0 N–H and O–H groups in total. The molecule has 3 nitrogen and oxygen atoms in total. The maximum absolute atomic E-state index is 12.8. The van der Waals surface area contributed by atoms with Crippen LogP contribution in [0.25, 0.3) is 11.0 Å². The molecule has 3 aromatic rings. The number of nitrogens with zero attached hydrogens (tertiary/aromatic N) is 3. The third-order valence-electron chi connectivity index (χ3n) is 2.71. The molecule has 0 aliphatic carbocycles. The minimum Gasteiger partial charge on any atom is -0.242 e. The van der Waals surface area contributed by atoms with Crippen molar-refractivity contribution in [1.82, 2.24) is 14.8 Å². The molecule has 18 heavy (non-hydrogen) atoms. The largest absolute Gasteiger partial charge is 0.242 e. The second-order valence-corrected chi connectivity index (χ2v) is 4.97. The van der Waals surface area contributed by atoms with E-state index < -0.39 is 0 Å². The van der Waals surface area contributed by atoms with Crippen LogP contribution < -0.4 is 0 Å². The Morgan fingerprint density at radius 3 is 2.72 bits per heavy atom. The number of halogens is 2. The number of hydrogen-bond acceptors (Lipinski definition) is 2. The van der Waals surface area contributed by atoms with Crippen molar-refractivity contribution in [3.05, 3.63) is 57.7 Å². The molecule has 0 saturated carbocycles. The summed E-state index contributed by atoms with van der Waals surface area (Å²) in [6, 6.07) is 10.3. The lowest BCUT2D eigenvalue weighted by atomic mass is 10.2. The Labute approximate surface area is 117 Å². The van der Waals surface area contributed by atoms with Crippen LogP contribution in [0.15, 0.2) is 42.6 Å². The van der Waals surface area contributed by atoms with Crippen molar-refractivity contribution < 1.29 is 4.39 Å². The molecule has 0 saturated heterocycles. The van der Waals surface area contributed by atoms with E-state index in [1.165, 1.54) is 12.1 Å². The van der Waals surface area contributed by atoms with Gasteiger partial charge in [-0.05, 0) is 52.4 Å². The third kappa shape index (κ3) is 2.10. The zero-order valence-electron chi connectivity index (χ0n) is 9.35. The molecule has 0 atom stereocenters. The molecule has 3 rings (SSSR count). The van der Waals surface area contributed by atoms with Crippen molar-refractivity contribution >= 4 is 33.6 Å². The highest BCUT2D eigenvalue weighted by Crippen LogP contribution is 2.18. The summed E-state index contributed by atoms with van der Waals surface area (Å²) < 4.78 is 15.6. The SMILES string of the molecule is Fc1ccc(Cn2nc(I)c3cccnc32)cc1. The average Bonchev–Trinajstić information content (AvgIpc) is 2.70. The summed E-state index contributed by atoms with van der Waals surface area (Å²) in [6.45, 7) is 0.594. The second kappa shape index (κ2) is 4.64. The zero-order chi connectivity index (χ0) is 12.5. The molecule has 90 valence electrons. The van der Waals surface area contributed by atoms with Crippen LogP contribution >= 0.6 is 22.6 Å². The number of fused-ring (bicyclic) bond motifs is 1. The van der Waals surface area contributed by atoms with E-state index in [1.54, 1.807) is 18.3 Å². The summed E-state index contributed by atoms with van der Waals surface area (Å²) >= 11 is 2.20. The normalized spacial score (nSPS) is 11.0. The van der Waals surface area contributed by atoms with Gasteiger partial charge in [-0.25, -0.2) is 14.1 Å². The van der Waals surface area contributed by atoms with Gasteiger partial charge in [0.15, 0.2) is 5.65 Å². The molecule has 0 aliphatic heterocycles. The summed E-state index contributed by atoms with van der Waals surface area (Å²) in [5.41, 5.74) is 1.86. The molecule has 0 aliphatic rings. The lowest BCUT2D eigenvalue weighted by Crippen LogP contribution is -2.02. The van der Waals surface area contributed by atoms with E-state index in [1.807, 2.05) is 16.8 Å². The van der Waals surface area contributed by atoms with Crippen LogP contribution in [-0.2, 0) is 6.54 Å². The maximum atomic E-state index is 12.8. The molecule has 2 heterocycles. The Kier molecular flexibility index (Phi) is 2.99. The van der Waals surface area contributed by atoms with Gasteiger partial charge in [-0.3, -0.25) is 0 Å². The van der Waals surface area contributed by atoms with E-state index >= 15 is 0 Å². The van der Waals surface area contributed by atoms with E-state index in [0.717, 1.165) is 20.3 Å². The first-order valence-corrected chi connectivity index (χ1v) is 6.53. The van der Waals surface area contributed by atoms with E-state index in [9.17, 15) is 4.39 Å². The smallest absolute Gasteiger partial charge is 0.159 e. The number of pyridine rings is 1. The molecule has 0 amide bonds. The van der Waals surface area contributed by atoms with Gasteiger partial charge in [0.25, 0.3) is 0 Å².